The number of hydrogen-bond donors (Lipinski definition) is 0. The van der Waals surface area contributed by atoms with Crippen molar-refractivity contribution < 1.29 is 4.79 Å². The fraction of sp³-hybridized carbons (Fsp3) is 0.474. The maximum absolute atomic E-state index is 12.7. The molecule has 0 aliphatic carbocycles. The van der Waals surface area contributed by atoms with Crippen LogP contribution < -0.4 is 9.80 Å². The Morgan fingerprint density at radius 2 is 1.54 bits per heavy atom. The number of carbonyl (C=O) groups excluding carboxylic acids is 1. The third-order valence-corrected chi connectivity index (χ3v) is 5.09. The van der Waals surface area contributed by atoms with Crippen LogP contribution in [0.25, 0.3) is 0 Å². The summed E-state index contributed by atoms with van der Waals surface area (Å²) in [7, 11) is 0. The van der Waals surface area contributed by atoms with E-state index in [2.05, 4.69) is 24.8 Å². The fourth-order valence-electron chi connectivity index (χ4n) is 3.58. The lowest BCUT2D eigenvalue weighted by atomic mass is 10.1. The number of carbonyl (C=O) groups is 1. The standard InChI is InChI=1S/C19H24N6O/c26-18(17-6-5-16(15-22-17)23-9-2-1-3-10-23)24-11-13-25(14-12-24)19-20-7-4-8-21-19/h4-8,15H,1-3,9-14H2. The number of rotatable bonds is 3. The van der Waals surface area contributed by atoms with Crippen LogP contribution >= 0.6 is 0 Å². The monoisotopic (exact) mass is 352 g/mol. The molecule has 2 aromatic heterocycles. The van der Waals surface area contributed by atoms with Crippen molar-refractivity contribution in [2.45, 2.75) is 19.3 Å². The van der Waals surface area contributed by atoms with Crippen LogP contribution in [0.4, 0.5) is 11.6 Å². The summed E-state index contributed by atoms with van der Waals surface area (Å²) in [6.07, 6.45) is 9.10. The highest BCUT2D eigenvalue weighted by molar-refractivity contribution is 5.92. The third-order valence-electron chi connectivity index (χ3n) is 5.09. The molecule has 0 spiro atoms. The zero-order valence-corrected chi connectivity index (χ0v) is 14.9. The van der Waals surface area contributed by atoms with Crippen molar-refractivity contribution in [1.29, 1.82) is 0 Å². The Morgan fingerprint density at radius 1 is 0.808 bits per heavy atom. The van der Waals surface area contributed by atoms with Gasteiger partial charge < -0.3 is 14.7 Å². The molecular weight excluding hydrogens is 328 g/mol. The lowest BCUT2D eigenvalue weighted by Crippen LogP contribution is -2.49. The van der Waals surface area contributed by atoms with Gasteiger partial charge in [-0.25, -0.2) is 15.0 Å². The molecule has 2 fully saturated rings. The van der Waals surface area contributed by atoms with Crippen molar-refractivity contribution in [1.82, 2.24) is 19.9 Å². The number of amides is 1. The van der Waals surface area contributed by atoms with E-state index < -0.39 is 0 Å². The number of pyridine rings is 1. The van der Waals surface area contributed by atoms with Gasteiger partial charge in [0.1, 0.15) is 5.69 Å². The molecule has 0 N–H and O–H groups in total. The highest BCUT2D eigenvalue weighted by atomic mass is 16.2. The molecule has 0 aromatic carbocycles. The summed E-state index contributed by atoms with van der Waals surface area (Å²) in [5.74, 6) is 0.729. The van der Waals surface area contributed by atoms with E-state index in [0.29, 0.717) is 18.8 Å². The van der Waals surface area contributed by atoms with Gasteiger partial charge in [0.15, 0.2) is 0 Å². The lowest BCUT2D eigenvalue weighted by Gasteiger charge is -2.34. The Labute approximate surface area is 153 Å². The van der Waals surface area contributed by atoms with Crippen molar-refractivity contribution in [3.8, 4) is 0 Å². The second kappa shape index (κ2) is 7.68. The van der Waals surface area contributed by atoms with Gasteiger partial charge >= 0.3 is 0 Å². The van der Waals surface area contributed by atoms with E-state index in [-0.39, 0.29) is 5.91 Å². The molecule has 0 saturated carbocycles. The quantitative estimate of drug-likeness (QED) is 0.840. The average molecular weight is 352 g/mol. The van der Waals surface area contributed by atoms with E-state index in [1.54, 1.807) is 12.4 Å². The van der Waals surface area contributed by atoms with Crippen molar-refractivity contribution in [2.24, 2.45) is 0 Å². The largest absolute Gasteiger partial charge is 0.370 e. The van der Waals surface area contributed by atoms with Gasteiger partial charge in [-0.1, -0.05) is 0 Å². The summed E-state index contributed by atoms with van der Waals surface area (Å²) in [5, 5.41) is 0. The highest BCUT2D eigenvalue weighted by Gasteiger charge is 2.24. The van der Waals surface area contributed by atoms with E-state index in [1.165, 1.54) is 19.3 Å². The second-order valence-electron chi connectivity index (χ2n) is 6.78. The molecule has 2 aliphatic rings. The molecule has 1 amide bonds. The maximum Gasteiger partial charge on any atom is 0.272 e. The van der Waals surface area contributed by atoms with Crippen LogP contribution in [-0.2, 0) is 0 Å². The van der Waals surface area contributed by atoms with E-state index in [9.17, 15) is 4.79 Å². The molecule has 7 heteroatoms. The van der Waals surface area contributed by atoms with Gasteiger partial charge in [0.05, 0.1) is 11.9 Å². The molecular formula is C19H24N6O. The van der Waals surface area contributed by atoms with E-state index in [0.717, 1.165) is 37.8 Å². The fourth-order valence-corrected chi connectivity index (χ4v) is 3.58. The second-order valence-corrected chi connectivity index (χ2v) is 6.78. The molecule has 4 heterocycles. The summed E-state index contributed by atoms with van der Waals surface area (Å²) in [6, 6.07) is 5.70. The number of piperazine rings is 1. The van der Waals surface area contributed by atoms with Crippen LogP contribution in [0, 0.1) is 0 Å². The SMILES string of the molecule is O=C(c1ccc(N2CCCCC2)cn1)N1CCN(c2ncccn2)CC1. The minimum atomic E-state index is 0.00354. The van der Waals surface area contributed by atoms with E-state index in [4.69, 9.17) is 0 Å². The molecule has 0 radical (unpaired) electrons. The Balaban J connectivity index is 1.36. The molecule has 4 rings (SSSR count). The normalized spacial score (nSPS) is 18.1. The minimum absolute atomic E-state index is 0.00354. The molecule has 2 aromatic rings. The summed E-state index contributed by atoms with van der Waals surface area (Å²) in [5.41, 5.74) is 1.64. The molecule has 0 unspecified atom stereocenters. The van der Waals surface area contributed by atoms with Crippen molar-refractivity contribution in [2.75, 3.05) is 49.1 Å². The average Bonchev–Trinajstić information content (AvgIpc) is 2.75. The van der Waals surface area contributed by atoms with Gasteiger partial charge in [0.2, 0.25) is 5.95 Å². The maximum atomic E-state index is 12.7. The molecule has 26 heavy (non-hydrogen) atoms. The van der Waals surface area contributed by atoms with Crippen LogP contribution in [0.1, 0.15) is 29.8 Å². The summed E-state index contributed by atoms with van der Waals surface area (Å²) < 4.78 is 0. The van der Waals surface area contributed by atoms with Gasteiger partial charge in [0, 0.05) is 51.7 Å². The first kappa shape index (κ1) is 16.8. The predicted octanol–water partition coefficient (Wildman–Crippen LogP) is 1.82. The van der Waals surface area contributed by atoms with Crippen LogP contribution in [0.3, 0.4) is 0 Å². The van der Waals surface area contributed by atoms with Gasteiger partial charge in [0.25, 0.3) is 5.91 Å². The van der Waals surface area contributed by atoms with Gasteiger partial charge in [-0.05, 0) is 37.5 Å². The highest BCUT2D eigenvalue weighted by Crippen LogP contribution is 2.19. The minimum Gasteiger partial charge on any atom is -0.370 e. The van der Waals surface area contributed by atoms with Crippen LogP contribution in [0.2, 0.25) is 0 Å². The van der Waals surface area contributed by atoms with E-state index >= 15 is 0 Å². The molecule has 2 aliphatic heterocycles. The predicted molar refractivity (Wildman–Crippen MR) is 100 cm³/mol. The molecule has 136 valence electrons. The van der Waals surface area contributed by atoms with Crippen LogP contribution in [-0.4, -0.2) is 65.0 Å². The van der Waals surface area contributed by atoms with Crippen molar-refractivity contribution in [3.63, 3.8) is 0 Å². The van der Waals surface area contributed by atoms with Crippen LogP contribution in [0.15, 0.2) is 36.8 Å². The third kappa shape index (κ3) is 3.61. The van der Waals surface area contributed by atoms with Crippen molar-refractivity contribution in [3.05, 3.63) is 42.5 Å². The Hall–Kier alpha value is -2.70. The van der Waals surface area contributed by atoms with Gasteiger partial charge in [-0.3, -0.25) is 4.79 Å². The molecule has 0 bridgehead atoms. The zero-order chi connectivity index (χ0) is 17.8. The number of hydrogen-bond acceptors (Lipinski definition) is 6. The zero-order valence-electron chi connectivity index (χ0n) is 14.9. The Kier molecular flexibility index (Phi) is 4.95. The molecule has 0 atom stereocenters. The first-order valence-electron chi connectivity index (χ1n) is 9.33. The smallest absolute Gasteiger partial charge is 0.272 e. The number of anilines is 2. The van der Waals surface area contributed by atoms with Crippen LogP contribution in [0.5, 0.6) is 0 Å². The van der Waals surface area contributed by atoms with E-state index in [1.807, 2.05) is 29.3 Å². The first-order valence-corrected chi connectivity index (χ1v) is 9.33. The molecule has 7 nitrogen and oxygen atoms in total. The summed E-state index contributed by atoms with van der Waals surface area (Å²) in [4.78, 5) is 32.0. The first-order chi connectivity index (χ1) is 12.8. The lowest BCUT2D eigenvalue weighted by molar-refractivity contribution is 0.0740. The van der Waals surface area contributed by atoms with Gasteiger partial charge in [-0.2, -0.15) is 0 Å². The van der Waals surface area contributed by atoms with Crippen molar-refractivity contribution >= 4 is 17.5 Å². The Bertz CT molecular complexity index is 721. The molecule has 2 saturated heterocycles. The van der Waals surface area contributed by atoms with Gasteiger partial charge in [-0.15, -0.1) is 0 Å². The summed E-state index contributed by atoms with van der Waals surface area (Å²) >= 11 is 0. The number of nitrogens with zero attached hydrogens (tertiary/aromatic N) is 6. The number of piperidine rings is 1. The Morgan fingerprint density at radius 3 is 2.19 bits per heavy atom. The number of aromatic nitrogens is 3. The topological polar surface area (TPSA) is 65.5 Å². The summed E-state index contributed by atoms with van der Waals surface area (Å²) in [6.45, 7) is 4.96.